The lowest BCUT2D eigenvalue weighted by molar-refractivity contribution is 0.0600. The van der Waals surface area contributed by atoms with Crippen LogP contribution in [-0.2, 0) is 9.53 Å². The van der Waals surface area contributed by atoms with Crippen molar-refractivity contribution in [1.29, 1.82) is 0 Å². The zero-order valence-electron chi connectivity index (χ0n) is 7.56. The summed E-state index contributed by atoms with van der Waals surface area (Å²) in [6.07, 6.45) is 1.74. The monoisotopic (exact) mass is 209 g/mol. The van der Waals surface area contributed by atoms with Crippen LogP contribution in [0.15, 0.2) is 24.3 Å². The number of ether oxygens (including phenoxy) is 1. The van der Waals surface area contributed by atoms with Crippen molar-refractivity contribution in [2.75, 3.05) is 7.11 Å². The third-order valence-corrected chi connectivity index (χ3v) is 2.16. The average molecular weight is 209 g/mol. The second kappa shape index (κ2) is 4.81. The topological polar surface area (TPSA) is 43.4 Å². The third kappa shape index (κ3) is 2.35. The van der Waals surface area contributed by atoms with Gasteiger partial charge in [-0.05, 0) is 17.7 Å². The highest BCUT2D eigenvalue weighted by Gasteiger charge is 2.08. The molecule has 1 unspecified atom stereocenters. The van der Waals surface area contributed by atoms with Gasteiger partial charge in [0.15, 0.2) is 0 Å². The number of thiol groups is 1. The molecule has 1 radical (unpaired) electrons. The summed E-state index contributed by atoms with van der Waals surface area (Å²) in [5, 5.41) is -0.568. The van der Waals surface area contributed by atoms with Crippen LogP contribution in [0.3, 0.4) is 0 Å². The fourth-order valence-electron chi connectivity index (χ4n) is 0.987. The van der Waals surface area contributed by atoms with E-state index in [4.69, 9.17) is 0 Å². The fourth-order valence-corrected chi connectivity index (χ4v) is 1.16. The lowest BCUT2D eigenvalue weighted by Gasteiger charge is -2.03. The van der Waals surface area contributed by atoms with Gasteiger partial charge >= 0.3 is 5.97 Å². The summed E-state index contributed by atoms with van der Waals surface area (Å²) in [7, 11) is 1.32. The second-order valence-corrected chi connectivity index (χ2v) is 3.15. The van der Waals surface area contributed by atoms with E-state index in [1.807, 2.05) is 0 Å². The molecule has 1 aromatic rings. The highest BCUT2D eigenvalue weighted by atomic mass is 32.1. The van der Waals surface area contributed by atoms with E-state index >= 15 is 0 Å². The molecule has 1 rings (SSSR count). The van der Waals surface area contributed by atoms with E-state index in [0.717, 1.165) is 0 Å². The van der Waals surface area contributed by atoms with Crippen LogP contribution in [0.4, 0.5) is 0 Å². The van der Waals surface area contributed by atoms with Crippen molar-refractivity contribution in [2.24, 2.45) is 0 Å². The van der Waals surface area contributed by atoms with Gasteiger partial charge in [-0.2, -0.15) is 12.6 Å². The number of esters is 1. The molecule has 0 aliphatic rings. The van der Waals surface area contributed by atoms with Crippen molar-refractivity contribution < 1.29 is 14.3 Å². The Bertz CT molecular complexity index is 332. The first-order valence-corrected chi connectivity index (χ1v) is 4.44. The first-order chi connectivity index (χ1) is 6.69. The van der Waals surface area contributed by atoms with Crippen molar-refractivity contribution >= 4 is 24.9 Å². The smallest absolute Gasteiger partial charge is 0.337 e. The van der Waals surface area contributed by atoms with Crippen LogP contribution in [0.5, 0.6) is 0 Å². The summed E-state index contributed by atoms with van der Waals surface area (Å²) >= 11 is 3.99. The van der Waals surface area contributed by atoms with E-state index in [0.29, 0.717) is 11.1 Å². The Kier molecular flexibility index (Phi) is 3.71. The molecule has 1 aromatic carbocycles. The Labute approximate surface area is 87.5 Å². The molecule has 73 valence electrons. The summed E-state index contributed by atoms with van der Waals surface area (Å²) in [4.78, 5) is 21.3. The lowest BCUT2D eigenvalue weighted by Crippen LogP contribution is -2.01. The van der Waals surface area contributed by atoms with E-state index in [1.165, 1.54) is 7.11 Å². The van der Waals surface area contributed by atoms with Crippen LogP contribution in [0, 0.1) is 0 Å². The van der Waals surface area contributed by atoms with Gasteiger partial charge in [0.25, 0.3) is 0 Å². The molecule has 0 heterocycles. The van der Waals surface area contributed by atoms with Crippen LogP contribution < -0.4 is 0 Å². The van der Waals surface area contributed by atoms with E-state index in [9.17, 15) is 9.59 Å². The van der Waals surface area contributed by atoms with Crippen molar-refractivity contribution in [3.05, 3.63) is 35.4 Å². The molecular weight excluding hydrogens is 200 g/mol. The molecule has 4 heteroatoms. The maximum absolute atomic E-state index is 11.0. The Morgan fingerprint density at radius 2 is 2.00 bits per heavy atom. The van der Waals surface area contributed by atoms with E-state index in [-0.39, 0.29) is 0 Å². The molecule has 0 aliphatic carbocycles. The first kappa shape index (κ1) is 10.8. The normalized spacial score (nSPS) is 11.9. The quantitative estimate of drug-likeness (QED) is 0.606. The van der Waals surface area contributed by atoms with Gasteiger partial charge < -0.3 is 4.74 Å². The number of hydrogen-bond donors (Lipinski definition) is 1. The maximum atomic E-state index is 11.0. The summed E-state index contributed by atoms with van der Waals surface area (Å²) in [5.74, 6) is -0.401. The average Bonchev–Trinajstić information content (AvgIpc) is 2.27. The Balaban J connectivity index is 2.88. The number of rotatable bonds is 3. The minimum absolute atomic E-state index is 0.401. The van der Waals surface area contributed by atoms with Gasteiger partial charge in [-0.15, -0.1) is 0 Å². The number of hydrogen-bond acceptors (Lipinski definition) is 4. The number of benzene rings is 1. The van der Waals surface area contributed by atoms with Crippen molar-refractivity contribution in [3.63, 3.8) is 0 Å². The Morgan fingerprint density at radius 3 is 2.43 bits per heavy atom. The SMILES string of the molecule is COC(=O)c1ccc(C(S)[C]=O)cc1. The zero-order valence-corrected chi connectivity index (χ0v) is 8.45. The van der Waals surface area contributed by atoms with Crippen LogP contribution in [0.1, 0.15) is 21.2 Å². The molecule has 14 heavy (non-hydrogen) atoms. The van der Waals surface area contributed by atoms with Crippen LogP contribution in [0.2, 0.25) is 0 Å². The van der Waals surface area contributed by atoms with E-state index < -0.39 is 11.2 Å². The maximum Gasteiger partial charge on any atom is 0.337 e. The predicted octanol–water partition coefficient (Wildman–Crippen LogP) is 1.55. The fraction of sp³-hybridized carbons (Fsp3) is 0.200. The second-order valence-electron chi connectivity index (χ2n) is 2.63. The number of carbonyl (C=O) groups excluding carboxylic acids is 2. The molecule has 3 nitrogen and oxygen atoms in total. The molecule has 0 aliphatic heterocycles. The van der Waals surface area contributed by atoms with Crippen LogP contribution >= 0.6 is 12.6 Å². The molecule has 0 fully saturated rings. The molecule has 0 spiro atoms. The summed E-state index contributed by atoms with van der Waals surface area (Å²) < 4.78 is 4.53. The highest BCUT2D eigenvalue weighted by molar-refractivity contribution is 7.81. The summed E-state index contributed by atoms with van der Waals surface area (Å²) in [5.41, 5.74) is 1.15. The van der Waals surface area contributed by atoms with Crippen LogP contribution in [0.25, 0.3) is 0 Å². The standard InChI is InChI=1S/C10H9O3S/c1-13-10(12)8-4-2-7(3-5-8)9(14)6-11/h2-5,9,14H,1H3. The number of carbonyl (C=O) groups is 1. The van der Waals surface area contributed by atoms with Crippen molar-refractivity contribution in [1.82, 2.24) is 0 Å². The van der Waals surface area contributed by atoms with Gasteiger partial charge in [0.2, 0.25) is 6.29 Å². The molecule has 0 saturated carbocycles. The first-order valence-electron chi connectivity index (χ1n) is 3.93. The Hall–Kier alpha value is -1.29. The van der Waals surface area contributed by atoms with Gasteiger partial charge in [0.05, 0.1) is 17.9 Å². The van der Waals surface area contributed by atoms with Gasteiger partial charge in [0, 0.05) is 0 Å². The van der Waals surface area contributed by atoms with E-state index in [2.05, 4.69) is 17.4 Å². The summed E-state index contributed by atoms with van der Waals surface area (Å²) in [6.45, 7) is 0. The Morgan fingerprint density at radius 1 is 1.43 bits per heavy atom. The molecule has 0 amide bonds. The zero-order chi connectivity index (χ0) is 10.6. The molecule has 0 saturated heterocycles. The molecule has 0 N–H and O–H groups in total. The van der Waals surface area contributed by atoms with Crippen molar-refractivity contribution in [2.45, 2.75) is 5.25 Å². The minimum atomic E-state index is -0.568. The molecule has 1 atom stereocenters. The van der Waals surface area contributed by atoms with Gasteiger partial charge in [-0.1, -0.05) is 12.1 Å². The molecular formula is C10H9O3S. The van der Waals surface area contributed by atoms with E-state index in [1.54, 1.807) is 30.6 Å². The van der Waals surface area contributed by atoms with Gasteiger partial charge in [-0.25, -0.2) is 4.79 Å². The molecule has 0 aromatic heterocycles. The predicted molar refractivity (Wildman–Crippen MR) is 55.2 cm³/mol. The highest BCUT2D eigenvalue weighted by Crippen LogP contribution is 2.17. The lowest BCUT2D eigenvalue weighted by atomic mass is 10.1. The summed E-state index contributed by atoms with van der Waals surface area (Å²) in [6, 6.07) is 6.47. The van der Waals surface area contributed by atoms with Gasteiger partial charge in [0.1, 0.15) is 0 Å². The van der Waals surface area contributed by atoms with Gasteiger partial charge in [-0.3, -0.25) is 4.79 Å². The minimum Gasteiger partial charge on any atom is -0.465 e. The number of methoxy groups -OCH3 is 1. The third-order valence-electron chi connectivity index (χ3n) is 1.76. The largest absolute Gasteiger partial charge is 0.465 e. The molecule has 0 bridgehead atoms. The van der Waals surface area contributed by atoms with Crippen molar-refractivity contribution in [3.8, 4) is 0 Å². The van der Waals surface area contributed by atoms with Crippen LogP contribution in [-0.4, -0.2) is 19.4 Å².